The van der Waals surface area contributed by atoms with Crippen molar-refractivity contribution in [3.63, 3.8) is 0 Å². The molecule has 46 heavy (non-hydrogen) atoms. The number of carboxylic acid groups (broad SMARTS) is 1. The molecule has 1 N–H and O–H groups in total. The number of hydrogen-bond acceptors (Lipinski definition) is 9. The molecule has 0 amide bonds. The monoisotopic (exact) mass is 676 g/mol. The molecule has 0 spiro atoms. The Hall–Kier alpha value is -4.21. The van der Waals surface area contributed by atoms with E-state index in [1.807, 2.05) is 20.0 Å². The SMILES string of the molecule is Cc1cc(-c2cc(Cl)ccc2OCCn2c(C)nc3cc(Cl)c(N4CCN(C)CC4)c(C#N)c3c2=O)c2sc(C)c(C(=O)O)c2n1. The van der Waals surface area contributed by atoms with Crippen molar-refractivity contribution in [2.45, 2.75) is 27.3 Å². The van der Waals surface area contributed by atoms with E-state index in [0.717, 1.165) is 23.4 Å². The summed E-state index contributed by atoms with van der Waals surface area (Å²) in [6.07, 6.45) is 0. The van der Waals surface area contributed by atoms with Gasteiger partial charge in [-0.1, -0.05) is 23.2 Å². The van der Waals surface area contributed by atoms with Crippen LogP contribution in [0.15, 0.2) is 35.1 Å². The highest BCUT2D eigenvalue weighted by Crippen LogP contribution is 2.42. The second kappa shape index (κ2) is 12.5. The molecule has 0 atom stereocenters. The second-order valence-corrected chi connectivity index (χ2v) is 13.4. The molecule has 3 aromatic heterocycles. The summed E-state index contributed by atoms with van der Waals surface area (Å²) in [5, 5.41) is 21.2. The summed E-state index contributed by atoms with van der Waals surface area (Å²) in [5.41, 5.74) is 3.52. The Morgan fingerprint density at radius 3 is 2.52 bits per heavy atom. The number of carboxylic acids is 1. The van der Waals surface area contributed by atoms with Crippen LogP contribution in [-0.2, 0) is 6.54 Å². The third-order valence-electron chi connectivity index (χ3n) is 8.26. The van der Waals surface area contributed by atoms with Gasteiger partial charge < -0.3 is 19.6 Å². The summed E-state index contributed by atoms with van der Waals surface area (Å²) >= 11 is 14.5. The van der Waals surface area contributed by atoms with Gasteiger partial charge in [0, 0.05) is 52.9 Å². The molecule has 0 unspecified atom stereocenters. The number of ether oxygens (including phenoxy) is 1. The standard InChI is InChI=1S/C33H30Cl2N6O4S/c1-17-13-22(31-29(37-17)27(33(43)44)18(2)46-31)21-14-20(34)5-6-26(21)45-12-11-41-19(3)38-25-15-24(35)30(23(16-36)28(25)32(41)42)40-9-7-39(4)8-10-40/h5-6,13-15H,7-12H2,1-4H3,(H,43,44). The maximum atomic E-state index is 14.0. The lowest BCUT2D eigenvalue weighted by atomic mass is 10.0. The molecule has 10 nitrogen and oxygen atoms in total. The van der Waals surface area contributed by atoms with Crippen LogP contribution in [-0.4, -0.2) is 70.3 Å². The first-order chi connectivity index (χ1) is 22.0. The molecule has 6 rings (SSSR count). The quantitative estimate of drug-likeness (QED) is 0.211. The Bertz CT molecular complexity index is 2150. The smallest absolute Gasteiger partial charge is 0.339 e. The van der Waals surface area contributed by atoms with Gasteiger partial charge in [-0.25, -0.2) is 9.78 Å². The first kappa shape index (κ1) is 31.8. The third-order valence-corrected chi connectivity index (χ3v) is 9.91. The van der Waals surface area contributed by atoms with Crippen LogP contribution in [0.5, 0.6) is 5.75 Å². The number of aryl methyl sites for hydroxylation is 3. The minimum Gasteiger partial charge on any atom is -0.491 e. The van der Waals surface area contributed by atoms with E-state index in [9.17, 15) is 20.0 Å². The maximum absolute atomic E-state index is 14.0. The summed E-state index contributed by atoms with van der Waals surface area (Å²) in [5.74, 6) is -0.0513. The number of halogens is 2. The van der Waals surface area contributed by atoms with Crippen LogP contribution < -0.4 is 15.2 Å². The summed E-state index contributed by atoms with van der Waals surface area (Å²) in [6.45, 7) is 8.60. The van der Waals surface area contributed by atoms with Crippen molar-refractivity contribution >= 4 is 67.3 Å². The molecule has 1 fully saturated rings. The molecule has 5 aromatic rings. The Kier molecular flexibility index (Phi) is 8.65. The molecule has 0 radical (unpaired) electrons. The number of nitrogens with zero attached hydrogens (tertiary/aromatic N) is 6. The van der Waals surface area contributed by atoms with Crippen LogP contribution >= 0.6 is 34.5 Å². The summed E-state index contributed by atoms with van der Waals surface area (Å²) < 4.78 is 8.50. The Labute approximate surface area is 279 Å². The van der Waals surface area contributed by atoms with E-state index in [2.05, 4.69) is 25.8 Å². The van der Waals surface area contributed by atoms with E-state index in [0.29, 0.717) is 67.6 Å². The van der Waals surface area contributed by atoms with Crippen LogP contribution in [0.1, 0.15) is 32.3 Å². The number of carbonyl (C=O) groups is 1. The Morgan fingerprint density at radius 1 is 1.09 bits per heavy atom. The number of pyridine rings is 1. The molecule has 13 heteroatoms. The number of hydrogen-bond donors (Lipinski definition) is 1. The maximum Gasteiger partial charge on any atom is 0.339 e. The fourth-order valence-corrected chi connectivity index (χ4v) is 7.61. The number of benzene rings is 2. The number of rotatable bonds is 7. The van der Waals surface area contributed by atoms with Crippen molar-refractivity contribution in [2.75, 3.05) is 44.7 Å². The molecule has 2 aromatic carbocycles. The average Bonchev–Trinajstić information content (AvgIpc) is 3.34. The van der Waals surface area contributed by atoms with E-state index < -0.39 is 5.97 Å². The number of aromatic carboxylic acids is 1. The molecule has 0 aliphatic carbocycles. The van der Waals surface area contributed by atoms with Gasteiger partial charge in [0.15, 0.2) is 0 Å². The van der Waals surface area contributed by atoms with Crippen molar-refractivity contribution in [2.24, 2.45) is 0 Å². The zero-order chi connectivity index (χ0) is 32.9. The molecular weight excluding hydrogens is 647 g/mol. The number of anilines is 1. The van der Waals surface area contributed by atoms with Crippen LogP contribution in [0.2, 0.25) is 10.0 Å². The molecule has 1 aliphatic heterocycles. The van der Waals surface area contributed by atoms with Crippen LogP contribution in [0, 0.1) is 32.1 Å². The van der Waals surface area contributed by atoms with Gasteiger partial charge in [0.2, 0.25) is 0 Å². The topological polar surface area (TPSA) is 125 Å². The molecule has 4 heterocycles. The lowest BCUT2D eigenvalue weighted by molar-refractivity contribution is 0.0698. The molecule has 236 valence electrons. The van der Waals surface area contributed by atoms with E-state index in [1.54, 1.807) is 38.1 Å². The minimum atomic E-state index is -1.03. The molecule has 0 bridgehead atoms. The van der Waals surface area contributed by atoms with Crippen molar-refractivity contribution in [3.8, 4) is 22.9 Å². The van der Waals surface area contributed by atoms with Crippen molar-refractivity contribution in [1.82, 2.24) is 19.4 Å². The zero-order valence-electron chi connectivity index (χ0n) is 25.6. The van der Waals surface area contributed by atoms with E-state index in [4.69, 9.17) is 27.9 Å². The summed E-state index contributed by atoms with van der Waals surface area (Å²) in [4.78, 5) is 40.1. The van der Waals surface area contributed by atoms with Gasteiger partial charge in [-0.3, -0.25) is 14.3 Å². The third kappa shape index (κ3) is 5.67. The van der Waals surface area contributed by atoms with E-state index >= 15 is 0 Å². The normalized spacial score (nSPS) is 13.8. The number of nitriles is 1. The van der Waals surface area contributed by atoms with Gasteiger partial charge in [0.25, 0.3) is 5.56 Å². The summed E-state index contributed by atoms with van der Waals surface area (Å²) in [6, 6.07) is 11.0. The van der Waals surface area contributed by atoms with Crippen LogP contribution in [0.3, 0.4) is 0 Å². The number of likely N-dealkylation sites (N-methyl/N-ethyl adjacent to an activating group) is 1. The van der Waals surface area contributed by atoms with Gasteiger partial charge in [0.05, 0.1) is 49.5 Å². The predicted octanol–water partition coefficient (Wildman–Crippen LogP) is 6.31. The number of piperazine rings is 1. The van der Waals surface area contributed by atoms with Crippen LogP contribution in [0.25, 0.3) is 32.2 Å². The number of thiophene rings is 1. The lowest BCUT2D eigenvalue weighted by Gasteiger charge is -2.35. The van der Waals surface area contributed by atoms with Crippen molar-refractivity contribution < 1.29 is 14.6 Å². The van der Waals surface area contributed by atoms with Gasteiger partial charge in [-0.05, 0) is 58.2 Å². The second-order valence-electron chi connectivity index (χ2n) is 11.3. The highest BCUT2D eigenvalue weighted by Gasteiger charge is 2.25. The Balaban J connectivity index is 1.36. The van der Waals surface area contributed by atoms with Crippen molar-refractivity contribution in [3.05, 3.63) is 78.3 Å². The number of aromatic nitrogens is 3. The lowest BCUT2D eigenvalue weighted by Crippen LogP contribution is -2.45. The van der Waals surface area contributed by atoms with Gasteiger partial charge in [0.1, 0.15) is 24.3 Å². The zero-order valence-corrected chi connectivity index (χ0v) is 28.0. The molecule has 1 saturated heterocycles. The highest BCUT2D eigenvalue weighted by molar-refractivity contribution is 7.20. The molecule has 0 saturated carbocycles. The largest absolute Gasteiger partial charge is 0.491 e. The van der Waals surface area contributed by atoms with Gasteiger partial charge in [-0.15, -0.1) is 11.3 Å². The predicted molar refractivity (Wildman–Crippen MR) is 182 cm³/mol. The fraction of sp³-hybridized carbons (Fsp3) is 0.303. The minimum absolute atomic E-state index is 0.112. The van der Waals surface area contributed by atoms with Gasteiger partial charge >= 0.3 is 5.97 Å². The molecule has 1 aliphatic rings. The Morgan fingerprint density at radius 2 is 1.83 bits per heavy atom. The average molecular weight is 678 g/mol. The first-order valence-electron chi connectivity index (χ1n) is 14.6. The van der Waals surface area contributed by atoms with Crippen molar-refractivity contribution in [1.29, 1.82) is 5.26 Å². The molecular formula is C33H30Cl2N6O4S. The first-order valence-corrected chi connectivity index (χ1v) is 16.2. The van der Waals surface area contributed by atoms with E-state index in [-0.39, 0.29) is 35.2 Å². The highest BCUT2D eigenvalue weighted by atomic mass is 35.5. The fourth-order valence-electron chi connectivity index (χ4n) is 6.00. The number of fused-ring (bicyclic) bond motifs is 2. The van der Waals surface area contributed by atoms with Gasteiger partial charge in [-0.2, -0.15) is 5.26 Å². The summed E-state index contributed by atoms with van der Waals surface area (Å²) in [7, 11) is 2.04. The van der Waals surface area contributed by atoms with Crippen LogP contribution in [0.4, 0.5) is 5.69 Å². The van der Waals surface area contributed by atoms with E-state index in [1.165, 1.54) is 15.9 Å².